The second kappa shape index (κ2) is 2.95. The number of hydrogen-bond acceptors (Lipinski definition) is 0. The summed E-state index contributed by atoms with van der Waals surface area (Å²) in [6, 6.07) is 0. The van der Waals surface area contributed by atoms with Gasteiger partial charge in [0, 0.05) is 0 Å². The topological polar surface area (TPSA) is 0 Å². The lowest BCUT2D eigenvalue weighted by molar-refractivity contribution is 1.24. The molecule has 1 heteroatoms. The summed E-state index contributed by atoms with van der Waals surface area (Å²) in [5, 5.41) is 3.01. The molecule has 0 aliphatic carbocycles. The van der Waals surface area contributed by atoms with Gasteiger partial charge in [0.05, 0.1) is 0 Å². The Labute approximate surface area is 70.8 Å². The lowest BCUT2D eigenvalue weighted by atomic mass is 10.1. The molecule has 1 aromatic rings. The van der Waals surface area contributed by atoms with E-state index in [1.165, 1.54) is 35.5 Å². The Morgan fingerprint density at radius 3 is 1.36 bits per heavy atom. The van der Waals surface area contributed by atoms with Crippen LogP contribution >= 0.6 is 8.19 Å². The minimum absolute atomic E-state index is 1.42. The third-order valence-electron chi connectivity index (χ3n) is 2.55. The van der Waals surface area contributed by atoms with Gasteiger partial charge in [-0.05, 0) is 61.9 Å². The van der Waals surface area contributed by atoms with Crippen LogP contribution in [-0.2, 0) is 0 Å². The fourth-order valence-corrected chi connectivity index (χ4v) is 2.42. The Kier molecular flexibility index (Phi) is 2.34. The highest BCUT2D eigenvalue weighted by molar-refractivity contribution is 7.31. The molecule has 0 spiro atoms. The average Bonchev–Trinajstić information content (AvgIpc) is 1.97. The normalized spacial score (nSPS) is 10.3. The second-order valence-electron chi connectivity index (χ2n) is 3.16. The third kappa shape index (κ3) is 1.46. The van der Waals surface area contributed by atoms with Crippen molar-refractivity contribution in [1.29, 1.82) is 0 Å². The average molecular weight is 166 g/mol. The van der Waals surface area contributed by atoms with Gasteiger partial charge in [0.1, 0.15) is 0 Å². The summed E-state index contributed by atoms with van der Waals surface area (Å²) in [5.41, 5.74) is 4.43. The highest BCUT2D eigenvalue weighted by atomic mass is 31.0. The van der Waals surface area contributed by atoms with Gasteiger partial charge < -0.3 is 0 Å². The van der Waals surface area contributed by atoms with E-state index < -0.39 is 0 Å². The molecule has 0 bridgehead atoms. The number of aryl methyl sites for hydroxylation is 2. The van der Waals surface area contributed by atoms with Crippen molar-refractivity contribution in [2.45, 2.75) is 34.6 Å². The number of hydrogen-bond donors (Lipinski definition) is 0. The molecular formula is C10H15P. The van der Waals surface area contributed by atoms with Crippen LogP contribution in [0.5, 0.6) is 0 Å². The van der Waals surface area contributed by atoms with Gasteiger partial charge >= 0.3 is 0 Å². The van der Waals surface area contributed by atoms with Crippen molar-refractivity contribution in [3.8, 4) is 0 Å². The molecule has 11 heavy (non-hydrogen) atoms. The summed E-state index contributed by atoms with van der Waals surface area (Å²) in [7, 11) is 1.42. The molecule has 0 nitrogen and oxygen atoms in total. The van der Waals surface area contributed by atoms with Gasteiger partial charge in [0.2, 0.25) is 0 Å². The summed E-state index contributed by atoms with van der Waals surface area (Å²) in [5.74, 6) is 0. The summed E-state index contributed by atoms with van der Waals surface area (Å²) >= 11 is 0. The molecule has 0 fully saturated rings. The van der Waals surface area contributed by atoms with Crippen LogP contribution in [0.4, 0.5) is 0 Å². The van der Waals surface area contributed by atoms with E-state index in [1.807, 2.05) is 0 Å². The minimum Gasteiger partial charge on any atom is -0.0694 e. The van der Waals surface area contributed by atoms with Crippen molar-refractivity contribution in [1.82, 2.24) is 0 Å². The van der Waals surface area contributed by atoms with Crippen LogP contribution in [0.2, 0.25) is 0 Å². The molecule has 0 N–H and O–H groups in total. The zero-order valence-corrected chi connectivity index (χ0v) is 8.84. The van der Waals surface area contributed by atoms with Gasteiger partial charge in [0.25, 0.3) is 0 Å². The monoisotopic (exact) mass is 166 g/mol. The fraction of sp³-hybridized carbons (Fsp3) is 0.500. The Morgan fingerprint density at radius 2 is 1.00 bits per heavy atom. The fourth-order valence-electron chi connectivity index (χ4n) is 1.24. The summed E-state index contributed by atoms with van der Waals surface area (Å²) in [6.45, 7) is 11.1. The first-order valence-corrected chi connectivity index (χ1v) is 4.84. The van der Waals surface area contributed by atoms with Gasteiger partial charge in [-0.25, -0.2) is 0 Å². The smallest absolute Gasteiger partial charge is 0.0203 e. The Bertz CT molecular complexity index is 261. The third-order valence-corrected chi connectivity index (χ3v) is 3.89. The lowest BCUT2D eigenvalue weighted by Crippen LogP contribution is -1.89. The van der Waals surface area contributed by atoms with Crippen LogP contribution in [0.3, 0.4) is 0 Å². The van der Waals surface area contributed by atoms with E-state index in [0.717, 1.165) is 0 Å². The van der Waals surface area contributed by atoms with Gasteiger partial charge in [-0.1, -0.05) is 8.19 Å². The second-order valence-corrected chi connectivity index (χ2v) is 4.72. The van der Waals surface area contributed by atoms with E-state index >= 15 is 0 Å². The molecule has 0 saturated carbocycles. The highest BCUT2D eigenvalue weighted by Crippen LogP contribution is 2.28. The first kappa shape index (κ1) is 8.74. The van der Waals surface area contributed by atoms with E-state index in [4.69, 9.17) is 0 Å². The van der Waals surface area contributed by atoms with Crippen molar-refractivity contribution >= 4 is 8.19 Å². The van der Waals surface area contributed by atoms with E-state index in [-0.39, 0.29) is 0 Å². The van der Waals surface area contributed by atoms with Crippen molar-refractivity contribution in [2.75, 3.05) is 0 Å². The van der Waals surface area contributed by atoms with Crippen molar-refractivity contribution in [3.05, 3.63) is 27.3 Å². The zero-order chi connectivity index (χ0) is 8.59. The van der Waals surface area contributed by atoms with Gasteiger partial charge in [-0.3, -0.25) is 0 Å². The Morgan fingerprint density at radius 1 is 0.636 bits per heavy atom. The largest absolute Gasteiger partial charge is 0.0694 e. The molecule has 0 amide bonds. The van der Waals surface area contributed by atoms with Crippen LogP contribution in [0, 0.1) is 34.6 Å². The van der Waals surface area contributed by atoms with Crippen LogP contribution in [-0.4, -0.2) is 0 Å². The summed E-state index contributed by atoms with van der Waals surface area (Å²) in [4.78, 5) is 0. The maximum absolute atomic E-state index is 2.22. The molecule has 0 aromatic carbocycles. The predicted molar refractivity (Wildman–Crippen MR) is 52.6 cm³/mol. The highest BCUT2D eigenvalue weighted by Gasteiger charge is 2.03. The molecule has 1 heterocycles. The van der Waals surface area contributed by atoms with Crippen molar-refractivity contribution < 1.29 is 0 Å². The number of rotatable bonds is 0. The first-order chi connectivity index (χ1) is 5.04. The maximum Gasteiger partial charge on any atom is -0.0203 e. The lowest BCUT2D eigenvalue weighted by Gasteiger charge is -2.09. The van der Waals surface area contributed by atoms with E-state index in [1.54, 1.807) is 0 Å². The standard InChI is InChI=1S/C10H15P/c1-6-7(2)9(4)11-10(5)8(6)3/h1-5H3. The minimum atomic E-state index is 1.42. The van der Waals surface area contributed by atoms with E-state index in [0.29, 0.717) is 0 Å². The van der Waals surface area contributed by atoms with Gasteiger partial charge in [-0.2, -0.15) is 0 Å². The van der Waals surface area contributed by atoms with Crippen molar-refractivity contribution in [3.63, 3.8) is 0 Å². The Hall–Kier alpha value is -0.350. The van der Waals surface area contributed by atoms with E-state index in [2.05, 4.69) is 34.6 Å². The van der Waals surface area contributed by atoms with Gasteiger partial charge in [0.15, 0.2) is 0 Å². The van der Waals surface area contributed by atoms with Gasteiger partial charge in [-0.15, -0.1) is 0 Å². The first-order valence-electron chi connectivity index (χ1n) is 3.95. The molecule has 0 radical (unpaired) electrons. The molecule has 0 unspecified atom stereocenters. The molecule has 0 aliphatic heterocycles. The van der Waals surface area contributed by atoms with Crippen LogP contribution in [0.15, 0.2) is 0 Å². The molecule has 0 atom stereocenters. The summed E-state index contributed by atoms with van der Waals surface area (Å²) < 4.78 is 0. The van der Waals surface area contributed by atoms with Crippen LogP contribution < -0.4 is 0 Å². The van der Waals surface area contributed by atoms with Crippen LogP contribution in [0.1, 0.15) is 27.3 Å². The molecule has 0 aliphatic rings. The van der Waals surface area contributed by atoms with Crippen molar-refractivity contribution in [2.24, 2.45) is 0 Å². The molecular weight excluding hydrogens is 151 g/mol. The molecule has 0 saturated heterocycles. The molecule has 1 rings (SSSR count). The summed E-state index contributed by atoms with van der Waals surface area (Å²) in [6.07, 6.45) is 0. The Balaban J connectivity index is 3.46. The molecule has 1 aromatic heterocycles. The maximum atomic E-state index is 2.22. The van der Waals surface area contributed by atoms with Crippen LogP contribution in [0.25, 0.3) is 0 Å². The van der Waals surface area contributed by atoms with E-state index in [9.17, 15) is 0 Å². The quantitative estimate of drug-likeness (QED) is 0.549. The zero-order valence-electron chi connectivity index (χ0n) is 7.95. The molecule has 60 valence electrons. The predicted octanol–water partition coefficient (Wildman–Crippen LogP) is 3.81. The SMILES string of the molecule is Cc1pc(C)c(C)c(C)c1C.